The Morgan fingerprint density at radius 2 is 2.10 bits per heavy atom. The lowest BCUT2D eigenvalue weighted by atomic mass is 9.97. The molecule has 106 valence electrons. The molecule has 0 radical (unpaired) electrons. The van der Waals surface area contributed by atoms with E-state index in [-0.39, 0.29) is 6.10 Å². The summed E-state index contributed by atoms with van der Waals surface area (Å²) in [6.45, 7) is 2.13. The molecule has 1 aromatic heterocycles. The molecule has 20 heavy (non-hydrogen) atoms. The van der Waals surface area contributed by atoms with E-state index in [4.69, 9.17) is 4.74 Å². The van der Waals surface area contributed by atoms with Crippen LogP contribution >= 0.6 is 11.3 Å². The molecule has 0 amide bonds. The number of hydrogen-bond donors (Lipinski definition) is 0. The molecule has 1 saturated carbocycles. The zero-order valence-corrected chi connectivity index (χ0v) is 12.7. The SMILES string of the molecule is CC(Cc1cscn1)Oc1ccccc1C1CCCC1. The van der Waals surface area contributed by atoms with E-state index in [1.807, 2.05) is 5.51 Å². The van der Waals surface area contributed by atoms with Crippen molar-refractivity contribution < 1.29 is 4.74 Å². The second-order valence-electron chi connectivity index (χ2n) is 5.63. The molecule has 0 saturated heterocycles. The van der Waals surface area contributed by atoms with E-state index < -0.39 is 0 Å². The number of benzene rings is 1. The minimum absolute atomic E-state index is 0.166. The van der Waals surface area contributed by atoms with Crippen molar-refractivity contribution in [1.82, 2.24) is 4.98 Å². The largest absolute Gasteiger partial charge is 0.490 e. The van der Waals surface area contributed by atoms with Crippen LogP contribution in [0.25, 0.3) is 0 Å². The fourth-order valence-corrected chi connectivity index (χ4v) is 3.62. The lowest BCUT2D eigenvalue weighted by molar-refractivity contribution is 0.218. The van der Waals surface area contributed by atoms with Crippen LogP contribution in [0, 0.1) is 0 Å². The molecular formula is C17H21NOS. The summed E-state index contributed by atoms with van der Waals surface area (Å²) in [7, 11) is 0. The standard InChI is InChI=1S/C17H21NOS/c1-13(10-15-11-20-12-18-15)19-17-9-5-4-8-16(17)14-6-2-3-7-14/h4-5,8-9,11-14H,2-3,6-7,10H2,1H3. The molecule has 1 atom stereocenters. The molecule has 0 aliphatic heterocycles. The molecule has 1 heterocycles. The minimum atomic E-state index is 0.166. The fraction of sp³-hybridized carbons (Fsp3) is 0.471. The number of para-hydroxylation sites is 1. The van der Waals surface area contributed by atoms with Crippen molar-refractivity contribution in [2.24, 2.45) is 0 Å². The van der Waals surface area contributed by atoms with Crippen molar-refractivity contribution in [3.63, 3.8) is 0 Å². The van der Waals surface area contributed by atoms with Crippen LogP contribution in [-0.4, -0.2) is 11.1 Å². The summed E-state index contributed by atoms with van der Waals surface area (Å²) >= 11 is 1.64. The molecule has 3 rings (SSSR count). The Bertz CT molecular complexity index is 532. The van der Waals surface area contributed by atoms with Crippen LogP contribution in [0.15, 0.2) is 35.2 Å². The first-order valence-electron chi connectivity index (χ1n) is 7.45. The van der Waals surface area contributed by atoms with E-state index in [9.17, 15) is 0 Å². The predicted molar refractivity (Wildman–Crippen MR) is 83.6 cm³/mol. The monoisotopic (exact) mass is 287 g/mol. The van der Waals surface area contributed by atoms with Crippen LogP contribution in [0.4, 0.5) is 0 Å². The average molecular weight is 287 g/mol. The summed E-state index contributed by atoms with van der Waals surface area (Å²) in [5.41, 5.74) is 4.41. The highest BCUT2D eigenvalue weighted by molar-refractivity contribution is 7.07. The number of thiazole rings is 1. The molecule has 1 fully saturated rings. The van der Waals surface area contributed by atoms with Gasteiger partial charge >= 0.3 is 0 Å². The summed E-state index contributed by atoms with van der Waals surface area (Å²) in [6, 6.07) is 8.56. The van der Waals surface area contributed by atoms with Crippen molar-refractivity contribution in [3.8, 4) is 5.75 Å². The van der Waals surface area contributed by atoms with Gasteiger partial charge in [0.25, 0.3) is 0 Å². The van der Waals surface area contributed by atoms with Gasteiger partial charge in [0.1, 0.15) is 11.9 Å². The average Bonchev–Trinajstić information content (AvgIpc) is 3.11. The summed E-state index contributed by atoms with van der Waals surface area (Å²) in [5, 5.41) is 2.10. The quantitative estimate of drug-likeness (QED) is 0.787. The number of nitrogens with zero attached hydrogens (tertiary/aromatic N) is 1. The topological polar surface area (TPSA) is 22.1 Å². The molecule has 3 heteroatoms. The zero-order valence-electron chi connectivity index (χ0n) is 11.9. The van der Waals surface area contributed by atoms with Gasteiger partial charge in [0.05, 0.1) is 11.2 Å². The van der Waals surface area contributed by atoms with Gasteiger partial charge in [-0.1, -0.05) is 31.0 Å². The number of rotatable bonds is 5. The van der Waals surface area contributed by atoms with Crippen molar-refractivity contribution in [1.29, 1.82) is 0 Å². The van der Waals surface area contributed by atoms with Gasteiger partial charge in [0.2, 0.25) is 0 Å². The first-order valence-corrected chi connectivity index (χ1v) is 8.40. The molecule has 2 aromatic rings. The van der Waals surface area contributed by atoms with E-state index >= 15 is 0 Å². The third kappa shape index (κ3) is 3.21. The van der Waals surface area contributed by atoms with E-state index in [0.29, 0.717) is 5.92 Å². The Morgan fingerprint density at radius 3 is 2.85 bits per heavy atom. The highest BCUT2D eigenvalue weighted by atomic mass is 32.1. The van der Waals surface area contributed by atoms with Gasteiger partial charge in [0, 0.05) is 11.8 Å². The maximum atomic E-state index is 6.20. The Labute approximate surface area is 124 Å². The molecule has 2 nitrogen and oxygen atoms in total. The van der Waals surface area contributed by atoms with Crippen LogP contribution < -0.4 is 4.74 Å². The van der Waals surface area contributed by atoms with Gasteiger partial charge < -0.3 is 4.74 Å². The number of hydrogen-bond acceptors (Lipinski definition) is 3. The second kappa shape index (κ2) is 6.40. The van der Waals surface area contributed by atoms with E-state index in [1.54, 1.807) is 11.3 Å². The lowest BCUT2D eigenvalue weighted by Crippen LogP contribution is -2.16. The summed E-state index contributed by atoms with van der Waals surface area (Å²) in [6.07, 6.45) is 6.37. The molecule has 1 aromatic carbocycles. The Morgan fingerprint density at radius 1 is 1.30 bits per heavy atom. The summed E-state index contributed by atoms with van der Waals surface area (Å²) in [4.78, 5) is 4.34. The van der Waals surface area contributed by atoms with Crippen LogP contribution in [0.2, 0.25) is 0 Å². The van der Waals surface area contributed by atoms with Gasteiger partial charge in [-0.05, 0) is 37.3 Å². The van der Waals surface area contributed by atoms with Gasteiger partial charge in [-0.25, -0.2) is 4.98 Å². The fourth-order valence-electron chi connectivity index (χ4n) is 3.05. The maximum absolute atomic E-state index is 6.20. The number of ether oxygens (including phenoxy) is 1. The molecule has 1 unspecified atom stereocenters. The van der Waals surface area contributed by atoms with Crippen LogP contribution in [0.3, 0.4) is 0 Å². The van der Waals surface area contributed by atoms with E-state index in [0.717, 1.165) is 17.9 Å². The predicted octanol–water partition coefficient (Wildman–Crippen LogP) is 4.81. The lowest BCUT2D eigenvalue weighted by Gasteiger charge is -2.19. The summed E-state index contributed by atoms with van der Waals surface area (Å²) < 4.78 is 6.20. The van der Waals surface area contributed by atoms with Crippen molar-refractivity contribution in [2.45, 2.75) is 51.0 Å². The second-order valence-corrected chi connectivity index (χ2v) is 6.35. The first kappa shape index (κ1) is 13.6. The Balaban J connectivity index is 1.70. The van der Waals surface area contributed by atoms with Crippen molar-refractivity contribution in [3.05, 3.63) is 46.4 Å². The van der Waals surface area contributed by atoms with Crippen molar-refractivity contribution in [2.75, 3.05) is 0 Å². The van der Waals surface area contributed by atoms with Gasteiger partial charge in [-0.2, -0.15) is 0 Å². The minimum Gasteiger partial charge on any atom is -0.490 e. The normalized spacial score (nSPS) is 17.2. The first-order chi connectivity index (χ1) is 9.83. The molecule has 0 N–H and O–H groups in total. The molecular weight excluding hydrogens is 266 g/mol. The van der Waals surface area contributed by atoms with Gasteiger partial charge in [0.15, 0.2) is 0 Å². The van der Waals surface area contributed by atoms with Crippen LogP contribution in [-0.2, 0) is 6.42 Å². The maximum Gasteiger partial charge on any atom is 0.123 e. The zero-order chi connectivity index (χ0) is 13.8. The summed E-state index contributed by atoms with van der Waals surface area (Å²) in [5.74, 6) is 1.76. The van der Waals surface area contributed by atoms with Crippen molar-refractivity contribution >= 4 is 11.3 Å². The molecule has 0 bridgehead atoms. The van der Waals surface area contributed by atoms with E-state index in [2.05, 4.69) is 41.6 Å². The third-order valence-corrected chi connectivity index (χ3v) is 4.66. The van der Waals surface area contributed by atoms with Crippen LogP contribution in [0.5, 0.6) is 5.75 Å². The third-order valence-electron chi connectivity index (χ3n) is 4.02. The highest BCUT2D eigenvalue weighted by Crippen LogP contribution is 2.38. The Hall–Kier alpha value is -1.35. The van der Waals surface area contributed by atoms with Crippen LogP contribution in [0.1, 0.15) is 49.8 Å². The van der Waals surface area contributed by atoms with Gasteiger partial charge in [-0.15, -0.1) is 11.3 Å². The van der Waals surface area contributed by atoms with E-state index in [1.165, 1.54) is 31.2 Å². The smallest absolute Gasteiger partial charge is 0.123 e. The molecule has 1 aliphatic rings. The molecule has 0 spiro atoms. The Kier molecular flexibility index (Phi) is 4.36. The number of aromatic nitrogens is 1. The van der Waals surface area contributed by atoms with Gasteiger partial charge in [-0.3, -0.25) is 0 Å². The highest BCUT2D eigenvalue weighted by Gasteiger charge is 2.21. The molecule has 1 aliphatic carbocycles.